The van der Waals surface area contributed by atoms with Crippen LogP contribution < -0.4 is 19.3 Å². The molecule has 2 aromatic carbocycles. The number of amides is 1. The summed E-state index contributed by atoms with van der Waals surface area (Å²) in [5, 5.41) is 2.89. The molecule has 0 spiro atoms. The Morgan fingerprint density at radius 3 is 2.60 bits per heavy atom. The van der Waals surface area contributed by atoms with Gasteiger partial charge in [-0.2, -0.15) is 0 Å². The summed E-state index contributed by atoms with van der Waals surface area (Å²) in [7, 11) is -1.82. The second-order valence-corrected chi connectivity index (χ2v) is 9.61. The van der Waals surface area contributed by atoms with Crippen LogP contribution in [-0.4, -0.2) is 53.4 Å². The van der Waals surface area contributed by atoms with Crippen LogP contribution in [0, 0.1) is 0 Å². The predicted molar refractivity (Wildman–Crippen MR) is 120 cm³/mol. The molecule has 0 radical (unpaired) electrons. The number of fused-ring (bicyclic) bond motifs is 1. The topological polar surface area (TPSA) is 79.0 Å². The van der Waals surface area contributed by atoms with Crippen molar-refractivity contribution in [2.24, 2.45) is 0 Å². The monoisotopic (exact) mass is 431 g/mol. The van der Waals surface area contributed by atoms with Crippen LogP contribution in [0.2, 0.25) is 0 Å². The van der Waals surface area contributed by atoms with Gasteiger partial charge in [0.15, 0.2) is 6.61 Å². The summed E-state index contributed by atoms with van der Waals surface area (Å²) in [6, 6.07) is 15.5. The largest absolute Gasteiger partial charge is 0.484 e. The second kappa shape index (κ2) is 9.38. The van der Waals surface area contributed by atoms with E-state index < -0.39 is 10.0 Å². The van der Waals surface area contributed by atoms with E-state index in [4.69, 9.17) is 4.74 Å². The lowest BCUT2D eigenvalue weighted by molar-refractivity contribution is -0.123. The number of carbonyl (C=O) groups is 1. The van der Waals surface area contributed by atoms with Crippen molar-refractivity contribution in [1.29, 1.82) is 0 Å². The molecule has 3 rings (SSSR count). The van der Waals surface area contributed by atoms with Gasteiger partial charge in [0.25, 0.3) is 5.91 Å². The second-order valence-electron chi connectivity index (χ2n) is 7.59. The van der Waals surface area contributed by atoms with E-state index in [0.29, 0.717) is 24.0 Å². The Hall–Kier alpha value is -2.74. The molecule has 0 saturated carbocycles. The molecule has 0 saturated heterocycles. The highest BCUT2D eigenvalue weighted by Gasteiger charge is 2.24. The minimum absolute atomic E-state index is 0.0792. The third-order valence-corrected chi connectivity index (χ3v) is 6.52. The first-order valence-electron chi connectivity index (χ1n) is 10.0. The molecule has 30 heavy (non-hydrogen) atoms. The zero-order valence-corrected chi connectivity index (χ0v) is 18.5. The fraction of sp³-hybridized carbons (Fsp3) is 0.409. The number of nitrogens with one attached hydrogen (secondary N) is 1. The van der Waals surface area contributed by atoms with E-state index in [1.54, 1.807) is 24.3 Å². The van der Waals surface area contributed by atoms with E-state index in [1.807, 2.05) is 0 Å². The summed E-state index contributed by atoms with van der Waals surface area (Å²) in [6.07, 6.45) is 3.07. The van der Waals surface area contributed by atoms with Crippen LogP contribution in [0.25, 0.3) is 0 Å². The third kappa shape index (κ3) is 5.44. The molecule has 1 aliphatic rings. The fourth-order valence-corrected chi connectivity index (χ4v) is 4.10. The summed E-state index contributed by atoms with van der Waals surface area (Å²) in [5.74, 6) is 0.334. The van der Waals surface area contributed by atoms with E-state index in [-0.39, 0.29) is 12.5 Å². The molecule has 0 fully saturated rings. The molecule has 1 N–H and O–H groups in total. The van der Waals surface area contributed by atoms with Crippen LogP contribution in [0.3, 0.4) is 0 Å². The van der Waals surface area contributed by atoms with Gasteiger partial charge in [0.2, 0.25) is 10.0 Å². The van der Waals surface area contributed by atoms with Crippen LogP contribution in [0.15, 0.2) is 48.5 Å². The van der Waals surface area contributed by atoms with E-state index in [9.17, 15) is 13.2 Å². The number of ether oxygens (including phenoxy) is 1. The zero-order chi connectivity index (χ0) is 21.7. The Kier molecular flexibility index (Phi) is 6.87. The fourth-order valence-electron chi connectivity index (χ4n) is 3.59. The maximum Gasteiger partial charge on any atom is 0.257 e. The van der Waals surface area contributed by atoms with Gasteiger partial charge >= 0.3 is 0 Å². The molecule has 0 aromatic heterocycles. The number of benzene rings is 2. The highest BCUT2D eigenvalue weighted by molar-refractivity contribution is 7.92. The maximum absolute atomic E-state index is 12.0. The van der Waals surface area contributed by atoms with Crippen LogP contribution in [0.1, 0.15) is 18.9 Å². The van der Waals surface area contributed by atoms with Crippen molar-refractivity contribution in [3.8, 4) is 5.75 Å². The number of hydrogen-bond acceptors (Lipinski definition) is 5. The molecular weight excluding hydrogens is 402 g/mol. The van der Waals surface area contributed by atoms with E-state index >= 15 is 0 Å². The van der Waals surface area contributed by atoms with Gasteiger partial charge in [-0.3, -0.25) is 9.10 Å². The normalized spacial score (nSPS) is 15.6. The summed E-state index contributed by atoms with van der Waals surface area (Å²) in [6.45, 7) is 3.63. The average Bonchev–Trinajstić information content (AvgIpc) is 3.04. The lowest BCUT2D eigenvalue weighted by atomic mass is 10.1. The average molecular weight is 432 g/mol. The predicted octanol–water partition coefficient (Wildman–Crippen LogP) is 2.42. The van der Waals surface area contributed by atoms with E-state index in [0.717, 1.165) is 25.6 Å². The first-order valence-corrected chi connectivity index (χ1v) is 11.9. The van der Waals surface area contributed by atoms with Gasteiger partial charge in [0.05, 0.1) is 11.9 Å². The number of nitrogens with zero attached hydrogens (tertiary/aromatic N) is 2. The van der Waals surface area contributed by atoms with Gasteiger partial charge in [-0.1, -0.05) is 18.2 Å². The minimum Gasteiger partial charge on any atom is -0.484 e. The van der Waals surface area contributed by atoms with Gasteiger partial charge in [-0.05, 0) is 55.7 Å². The summed E-state index contributed by atoms with van der Waals surface area (Å²) in [4.78, 5) is 14.4. The molecule has 1 aliphatic heterocycles. The highest BCUT2D eigenvalue weighted by Crippen LogP contribution is 2.31. The lowest BCUT2D eigenvalue weighted by Crippen LogP contribution is -2.34. The van der Waals surface area contributed by atoms with Crippen LogP contribution >= 0.6 is 0 Å². The molecule has 1 heterocycles. The van der Waals surface area contributed by atoms with Crippen LogP contribution in [0.5, 0.6) is 5.75 Å². The number of anilines is 2. The summed E-state index contributed by atoms with van der Waals surface area (Å²) < 4.78 is 29.8. The molecule has 162 valence electrons. The SMILES string of the molecule is C[C@H]1Cc2ccccc2N1CCCNC(=O)COc1ccc(N(C)S(C)(=O)=O)cc1. The summed E-state index contributed by atoms with van der Waals surface area (Å²) in [5.41, 5.74) is 3.22. The maximum atomic E-state index is 12.0. The quantitative estimate of drug-likeness (QED) is 0.617. The first-order chi connectivity index (χ1) is 14.3. The molecule has 1 amide bonds. The Balaban J connectivity index is 1.38. The summed E-state index contributed by atoms with van der Waals surface area (Å²) >= 11 is 0. The van der Waals surface area contributed by atoms with Gasteiger partial charge in [-0.25, -0.2) is 8.42 Å². The minimum atomic E-state index is -3.31. The van der Waals surface area contributed by atoms with Gasteiger partial charge < -0.3 is 15.0 Å². The van der Waals surface area contributed by atoms with E-state index in [2.05, 4.69) is 41.4 Å². The molecule has 2 aromatic rings. The molecule has 0 bridgehead atoms. The van der Waals surface area contributed by atoms with Crippen molar-refractivity contribution in [2.45, 2.75) is 25.8 Å². The van der Waals surface area contributed by atoms with Crippen molar-refractivity contribution in [3.63, 3.8) is 0 Å². The number of para-hydroxylation sites is 1. The van der Waals surface area contributed by atoms with Crippen LogP contribution in [-0.2, 0) is 21.2 Å². The number of sulfonamides is 1. The molecule has 7 nitrogen and oxygen atoms in total. The smallest absolute Gasteiger partial charge is 0.257 e. The van der Waals surface area contributed by atoms with Crippen molar-refractivity contribution < 1.29 is 17.9 Å². The standard InChI is InChI=1S/C22H29N3O4S/c1-17-15-18-7-4-5-8-21(18)25(17)14-6-13-23-22(26)16-29-20-11-9-19(10-12-20)24(2)30(3,27)28/h4-5,7-12,17H,6,13-16H2,1-3H3,(H,23,26)/t17-/m0/s1. The third-order valence-electron chi connectivity index (χ3n) is 5.31. The Morgan fingerprint density at radius 2 is 1.90 bits per heavy atom. The van der Waals surface area contributed by atoms with Gasteiger partial charge in [0, 0.05) is 31.9 Å². The van der Waals surface area contributed by atoms with Crippen molar-refractivity contribution >= 4 is 27.3 Å². The Labute approximate surface area is 178 Å². The van der Waals surface area contributed by atoms with Crippen molar-refractivity contribution in [3.05, 3.63) is 54.1 Å². The molecule has 1 atom stereocenters. The van der Waals surface area contributed by atoms with Gasteiger partial charge in [-0.15, -0.1) is 0 Å². The van der Waals surface area contributed by atoms with Crippen molar-refractivity contribution in [2.75, 3.05) is 42.2 Å². The zero-order valence-electron chi connectivity index (χ0n) is 17.7. The molecule has 0 unspecified atom stereocenters. The highest BCUT2D eigenvalue weighted by atomic mass is 32.2. The first kappa shape index (κ1) is 22.0. The van der Waals surface area contributed by atoms with Crippen LogP contribution in [0.4, 0.5) is 11.4 Å². The van der Waals surface area contributed by atoms with Gasteiger partial charge in [0.1, 0.15) is 5.75 Å². The molecule has 8 heteroatoms. The molecule has 0 aliphatic carbocycles. The van der Waals surface area contributed by atoms with Crippen molar-refractivity contribution in [1.82, 2.24) is 5.32 Å². The van der Waals surface area contributed by atoms with E-state index in [1.165, 1.54) is 22.6 Å². The lowest BCUT2D eigenvalue weighted by Gasteiger charge is -2.24. The number of carbonyl (C=O) groups excluding carboxylic acids is 1. The molecular formula is C22H29N3O4S. The Morgan fingerprint density at radius 1 is 1.20 bits per heavy atom. The number of hydrogen-bond donors (Lipinski definition) is 1. The number of rotatable bonds is 9. The Bertz CT molecular complexity index is 976.